The minimum absolute atomic E-state index is 0.0430. The number of amides is 1. The quantitative estimate of drug-likeness (QED) is 0.812. The summed E-state index contributed by atoms with van der Waals surface area (Å²) in [7, 11) is 0. The van der Waals surface area contributed by atoms with E-state index in [1.807, 2.05) is 31.2 Å². The lowest BCUT2D eigenvalue weighted by Crippen LogP contribution is -2.23. The largest absolute Gasteiger partial charge is 0.325 e. The summed E-state index contributed by atoms with van der Waals surface area (Å²) in [6.45, 7) is 6.09. The Hall–Kier alpha value is -1.74. The number of carbonyl (C=O) groups excluding carboxylic acids is 1. The van der Waals surface area contributed by atoms with E-state index in [0.29, 0.717) is 0 Å². The average molecular weight is 299 g/mol. The number of rotatable bonds is 5. The van der Waals surface area contributed by atoms with Crippen LogP contribution < -0.4 is 5.32 Å². The molecule has 0 unspecified atom stereocenters. The SMILES string of the molecule is CCc1ccccc1NC(=O)[C@@H](C)Sc1ccc(C)cc1. The maximum absolute atomic E-state index is 12.3. The summed E-state index contributed by atoms with van der Waals surface area (Å²) in [6, 6.07) is 16.2. The summed E-state index contributed by atoms with van der Waals surface area (Å²) in [5.74, 6) is 0.0430. The highest BCUT2D eigenvalue weighted by Gasteiger charge is 2.15. The van der Waals surface area contributed by atoms with Gasteiger partial charge in [0.25, 0.3) is 0 Å². The maximum atomic E-state index is 12.3. The van der Waals surface area contributed by atoms with Gasteiger partial charge in [0.15, 0.2) is 0 Å². The number of hydrogen-bond donors (Lipinski definition) is 1. The topological polar surface area (TPSA) is 29.1 Å². The Morgan fingerprint density at radius 2 is 1.81 bits per heavy atom. The third-order valence-electron chi connectivity index (χ3n) is 3.36. The molecule has 0 aromatic heterocycles. The first kappa shape index (κ1) is 15.6. The number of nitrogens with one attached hydrogen (secondary N) is 1. The van der Waals surface area contributed by atoms with Crippen molar-refractivity contribution in [2.75, 3.05) is 5.32 Å². The Bertz CT molecular complexity index is 607. The highest BCUT2D eigenvalue weighted by Crippen LogP contribution is 2.25. The molecular formula is C18H21NOS. The molecule has 0 radical (unpaired) electrons. The first-order valence-electron chi connectivity index (χ1n) is 7.22. The Kier molecular flexibility index (Phi) is 5.45. The minimum atomic E-state index is -0.127. The van der Waals surface area contributed by atoms with Crippen LogP contribution in [0.15, 0.2) is 53.4 Å². The molecule has 21 heavy (non-hydrogen) atoms. The van der Waals surface area contributed by atoms with Crippen LogP contribution in [0.25, 0.3) is 0 Å². The summed E-state index contributed by atoms with van der Waals surface area (Å²) >= 11 is 1.58. The van der Waals surface area contributed by atoms with E-state index in [2.05, 4.69) is 43.4 Å². The van der Waals surface area contributed by atoms with E-state index < -0.39 is 0 Å². The van der Waals surface area contributed by atoms with Crippen LogP contribution >= 0.6 is 11.8 Å². The molecule has 0 fully saturated rings. The van der Waals surface area contributed by atoms with Crippen LogP contribution in [-0.4, -0.2) is 11.2 Å². The van der Waals surface area contributed by atoms with Crippen molar-refractivity contribution in [2.24, 2.45) is 0 Å². The first-order chi connectivity index (χ1) is 10.1. The van der Waals surface area contributed by atoms with Crippen molar-refractivity contribution < 1.29 is 4.79 Å². The van der Waals surface area contributed by atoms with E-state index in [4.69, 9.17) is 0 Å². The molecule has 1 amide bonds. The highest BCUT2D eigenvalue weighted by atomic mass is 32.2. The van der Waals surface area contributed by atoms with E-state index in [1.165, 1.54) is 11.1 Å². The number of thioether (sulfide) groups is 1. The molecule has 0 heterocycles. The highest BCUT2D eigenvalue weighted by molar-refractivity contribution is 8.00. The molecule has 0 bridgehead atoms. The second-order valence-electron chi connectivity index (χ2n) is 5.07. The standard InChI is InChI=1S/C18H21NOS/c1-4-15-7-5-6-8-17(15)19-18(20)14(3)21-16-11-9-13(2)10-12-16/h5-12,14H,4H2,1-3H3,(H,19,20)/t14-/m1/s1. The van der Waals surface area contributed by atoms with Gasteiger partial charge in [0, 0.05) is 10.6 Å². The van der Waals surface area contributed by atoms with Gasteiger partial charge in [-0.15, -0.1) is 11.8 Å². The molecule has 2 nitrogen and oxygen atoms in total. The maximum Gasteiger partial charge on any atom is 0.237 e. The monoisotopic (exact) mass is 299 g/mol. The van der Waals surface area contributed by atoms with E-state index in [-0.39, 0.29) is 11.2 Å². The Morgan fingerprint density at radius 1 is 1.14 bits per heavy atom. The van der Waals surface area contributed by atoms with E-state index in [9.17, 15) is 4.79 Å². The number of aryl methyl sites for hydroxylation is 2. The predicted octanol–water partition coefficient (Wildman–Crippen LogP) is 4.68. The van der Waals surface area contributed by atoms with E-state index in [1.54, 1.807) is 11.8 Å². The third kappa shape index (κ3) is 4.36. The number of hydrogen-bond acceptors (Lipinski definition) is 2. The Morgan fingerprint density at radius 3 is 2.48 bits per heavy atom. The average Bonchev–Trinajstić information content (AvgIpc) is 2.50. The van der Waals surface area contributed by atoms with Crippen LogP contribution in [0.5, 0.6) is 0 Å². The zero-order valence-electron chi connectivity index (χ0n) is 12.7. The third-order valence-corrected chi connectivity index (χ3v) is 4.47. The number of para-hydroxylation sites is 1. The lowest BCUT2D eigenvalue weighted by molar-refractivity contribution is -0.115. The van der Waals surface area contributed by atoms with Crippen LogP contribution in [0, 0.1) is 6.92 Å². The molecule has 0 saturated heterocycles. The van der Waals surface area contributed by atoms with Gasteiger partial charge < -0.3 is 5.32 Å². The molecule has 2 aromatic carbocycles. The van der Waals surface area contributed by atoms with E-state index >= 15 is 0 Å². The Balaban J connectivity index is 2.01. The van der Waals surface area contributed by atoms with Crippen molar-refractivity contribution in [1.29, 1.82) is 0 Å². The van der Waals surface area contributed by atoms with Crippen LogP contribution in [-0.2, 0) is 11.2 Å². The van der Waals surface area contributed by atoms with Crippen molar-refractivity contribution in [3.63, 3.8) is 0 Å². The van der Waals surface area contributed by atoms with Crippen molar-refractivity contribution >= 4 is 23.4 Å². The molecular weight excluding hydrogens is 278 g/mol. The number of carbonyl (C=O) groups is 1. The molecule has 2 aromatic rings. The van der Waals surface area contributed by atoms with Gasteiger partial charge in [0.05, 0.1) is 5.25 Å². The van der Waals surface area contributed by atoms with Crippen LogP contribution in [0.1, 0.15) is 25.0 Å². The van der Waals surface area contributed by atoms with Crippen LogP contribution in [0.2, 0.25) is 0 Å². The summed E-state index contributed by atoms with van der Waals surface area (Å²) in [4.78, 5) is 13.4. The summed E-state index contributed by atoms with van der Waals surface area (Å²) < 4.78 is 0. The van der Waals surface area contributed by atoms with Gasteiger partial charge in [0.1, 0.15) is 0 Å². The smallest absolute Gasteiger partial charge is 0.237 e. The molecule has 0 aliphatic heterocycles. The van der Waals surface area contributed by atoms with Gasteiger partial charge in [-0.1, -0.05) is 42.8 Å². The molecule has 1 atom stereocenters. The lowest BCUT2D eigenvalue weighted by atomic mass is 10.1. The molecule has 1 N–H and O–H groups in total. The molecule has 0 saturated carbocycles. The Labute approximate surface area is 131 Å². The number of benzene rings is 2. The van der Waals surface area contributed by atoms with E-state index in [0.717, 1.165) is 17.0 Å². The van der Waals surface area contributed by atoms with Crippen LogP contribution in [0.3, 0.4) is 0 Å². The van der Waals surface area contributed by atoms with Gasteiger partial charge in [0.2, 0.25) is 5.91 Å². The van der Waals surface area contributed by atoms with Crippen molar-refractivity contribution in [1.82, 2.24) is 0 Å². The van der Waals surface area contributed by atoms with Gasteiger partial charge in [-0.25, -0.2) is 0 Å². The lowest BCUT2D eigenvalue weighted by Gasteiger charge is -2.14. The summed E-state index contributed by atoms with van der Waals surface area (Å²) in [5.41, 5.74) is 3.31. The molecule has 2 rings (SSSR count). The van der Waals surface area contributed by atoms with Crippen molar-refractivity contribution in [2.45, 2.75) is 37.3 Å². The molecule has 0 aliphatic carbocycles. The van der Waals surface area contributed by atoms with Gasteiger partial charge in [-0.3, -0.25) is 4.79 Å². The molecule has 3 heteroatoms. The fourth-order valence-corrected chi connectivity index (χ4v) is 2.93. The molecule has 0 aliphatic rings. The zero-order chi connectivity index (χ0) is 15.2. The fraction of sp³-hybridized carbons (Fsp3) is 0.278. The molecule has 0 spiro atoms. The zero-order valence-corrected chi connectivity index (χ0v) is 13.5. The van der Waals surface area contributed by atoms with Crippen LogP contribution in [0.4, 0.5) is 5.69 Å². The van der Waals surface area contributed by atoms with Gasteiger partial charge >= 0.3 is 0 Å². The van der Waals surface area contributed by atoms with Gasteiger partial charge in [-0.05, 0) is 44.0 Å². The summed E-state index contributed by atoms with van der Waals surface area (Å²) in [5, 5.41) is 2.91. The van der Waals surface area contributed by atoms with Crippen molar-refractivity contribution in [3.05, 3.63) is 59.7 Å². The second-order valence-corrected chi connectivity index (χ2v) is 6.49. The fourth-order valence-electron chi connectivity index (χ4n) is 2.06. The van der Waals surface area contributed by atoms with Gasteiger partial charge in [-0.2, -0.15) is 0 Å². The van der Waals surface area contributed by atoms with Crippen molar-refractivity contribution in [3.8, 4) is 0 Å². The first-order valence-corrected chi connectivity index (χ1v) is 8.10. The predicted molar refractivity (Wildman–Crippen MR) is 90.9 cm³/mol. The second kappa shape index (κ2) is 7.32. The minimum Gasteiger partial charge on any atom is -0.325 e. The molecule has 110 valence electrons. The normalized spacial score (nSPS) is 12.0. The summed E-state index contributed by atoms with van der Waals surface area (Å²) in [6.07, 6.45) is 0.913. The number of anilines is 1.